The molecular weight excluding hydrogens is 338 g/mol. The zero-order chi connectivity index (χ0) is 14.6. The molecule has 0 heterocycles. The third kappa shape index (κ3) is 7.53. The quantitative estimate of drug-likeness (QED) is 0.608. The molecule has 0 aromatic heterocycles. The molecule has 0 bridgehead atoms. The SMILES string of the molecule is CCSCCCOc1ccc(Br)c(CNCCOC)c1. The average Bonchev–Trinajstić information content (AvgIpc) is 2.46. The van der Waals surface area contributed by atoms with Gasteiger partial charge in [0.2, 0.25) is 0 Å². The summed E-state index contributed by atoms with van der Waals surface area (Å²) in [7, 11) is 1.71. The molecule has 0 unspecified atom stereocenters. The number of methoxy groups -OCH3 is 1. The van der Waals surface area contributed by atoms with Crippen LogP contribution in [0.4, 0.5) is 0 Å². The van der Waals surface area contributed by atoms with Gasteiger partial charge < -0.3 is 14.8 Å². The summed E-state index contributed by atoms with van der Waals surface area (Å²) >= 11 is 5.53. The summed E-state index contributed by atoms with van der Waals surface area (Å²) in [6.45, 7) is 5.35. The van der Waals surface area contributed by atoms with Gasteiger partial charge in [0.1, 0.15) is 5.75 Å². The van der Waals surface area contributed by atoms with Crippen LogP contribution in [-0.2, 0) is 11.3 Å². The normalized spacial score (nSPS) is 10.8. The first-order valence-corrected chi connectivity index (χ1v) is 8.91. The molecule has 5 heteroatoms. The molecule has 0 radical (unpaired) electrons. The van der Waals surface area contributed by atoms with E-state index in [0.717, 1.165) is 42.9 Å². The van der Waals surface area contributed by atoms with E-state index in [1.165, 1.54) is 17.1 Å². The van der Waals surface area contributed by atoms with E-state index in [1.54, 1.807) is 7.11 Å². The second-order valence-corrected chi connectivity index (χ2v) is 6.57. The minimum Gasteiger partial charge on any atom is -0.494 e. The lowest BCUT2D eigenvalue weighted by Gasteiger charge is -2.10. The summed E-state index contributed by atoms with van der Waals surface area (Å²) in [5.41, 5.74) is 1.21. The Morgan fingerprint density at radius 1 is 1.30 bits per heavy atom. The largest absolute Gasteiger partial charge is 0.494 e. The van der Waals surface area contributed by atoms with Gasteiger partial charge in [0.05, 0.1) is 13.2 Å². The van der Waals surface area contributed by atoms with Crippen molar-refractivity contribution in [1.29, 1.82) is 0 Å². The van der Waals surface area contributed by atoms with E-state index >= 15 is 0 Å². The molecule has 1 N–H and O–H groups in total. The molecule has 114 valence electrons. The monoisotopic (exact) mass is 361 g/mol. The molecule has 1 aromatic rings. The van der Waals surface area contributed by atoms with Crippen LogP contribution in [0, 0.1) is 0 Å². The van der Waals surface area contributed by atoms with E-state index in [4.69, 9.17) is 9.47 Å². The Balaban J connectivity index is 2.36. The smallest absolute Gasteiger partial charge is 0.119 e. The Morgan fingerprint density at radius 3 is 2.90 bits per heavy atom. The third-order valence-electron chi connectivity index (χ3n) is 2.72. The molecule has 0 fully saturated rings. The predicted octanol–water partition coefficient (Wildman–Crippen LogP) is 3.71. The van der Waals surface area contributed by atoms with Crippen LogP contribution in [0.2, 0.25) is 0 Å². The average molecular weight is 362 g/mol. The lowest BCUT2D eigenvalue weighted by atomic mass is 10.2. The maximum atomic E-state index is 5.79. The number of halogens is 1. The summed E-state index contributed by atoms with van der Waals surface area (Å²) in [4.78, 5) is 0. The number of benzene rings is 1. The van der Waals surface area contributed by atoms with Crippen molar-refractivity contribution in [2.75, 3.05) is 38.4 Å². The van der Waals surface area contributed by atoms with Crippen molar-refractivity contribution in [3.63, 3.8) is 0 Å². The highest BCUT2D eigenvalue weighted by atomic mass is 79.9. The zero-order valence-electron chi connectivity index (χ0n) is 12.3. The number of nitrogens with one attached hydrogen (secondary N) is 1. The van der Waals surface area contributed by atoms with Crippen molar-refractivity contribution in [2.45, 2.75) is 19.9 Å². The summed E-state index contributed by atoms with van der Waals surface area (Å²) in [6, 6.07) is 6.15. The summed E-state index contributed by atoms with van der Waals surface area (Å²) < 4.78 is 11.9. The lowest BCUT2D eigenvalue weighted by Crippen LogP contribution is -2.18. The Hall–Kier alpha value is -0.230. The van der Waals surface area contributed by atoms with Crippen LogP contribution in [0.1, 0.15) is 18.9 Å². The molecule has 1 aromatic carbocycles. The molecule has 0 saturated heterocycles. The summed E-state index contributed by atoms with van der Waals surface area (Å²) in [6.07, 6.45) is 1.09. The van der Waals surface area contributed by atoms with Crippen molar-refractivity contribution < 1.29 is 9.47 Å². The number of thioether (sulfide) groups is 1. The van der Waals surface area contributed by atoms with Crippen molar-refractivity contribution in [3.05, 3.63) is 28.2 Å². The van der Waals surface area contributed by atoms with Crippen LogP contribution >= 0.6 is 27.7 Å². The first-order valence-electron chi connectivity index (χ1n) is 6.96. The molecule has 0 atom stereocenters. The van der Waals surface area contributed by atoms with E-state index in [2.05, 4.69) is 34.2 Å². The van der Waals surface area contributed by atoms with Gasteiger partial charge >= 0.3 is 0 Å². The lowest BCUT2D eigenvalue weighted by molar-refractivity contribution is 0.199. The molecule has 0 amide bonds. The van der Waals surface area contributed by atoms with Gasteiger partial charge in [-0.2, -0.15) is 11.8 Å². The maximum absolute atomic E-state index is 5.79. The molecule has 1 rings (SSSR count). The van der Waals surface area contributed by atoms with Gasteiger partial charge in [-0.05, 0) is 41.7 Å². The second kappa shape index (κ2) is 11.4. The van der Waals surface area contributed by atoms with Gasteiger partial charge in [-0.1, -0.05) is 22.9 Å². The van der Waals surface area contributed by atoms with Gasteiger partial charge in [0.25, 0.3) is 0 Å². The fraction of sp³-hybridized carbons (Fsp3) is 0.600. The van der Waals surface area contributed by atoms with Gasteiger partial charge in [-0.15, -0.1) is 0 Å². The van der Waals surface area contributed by atoms with E-state index in [1.807, 2.05) is 23.9 Å². The Morgan fingerprint density at radius 2 is 2.15 bits per heavy atom. The fourth-order valence-corrected chi connectivity index (χ4v) is 2.67. The molecule has 0 saturated carbocycles. The Bertz CT molecular complexity index is 377. The van der Waals surface area contributed by atoms with Gasteiger partial charge in [-0.25, -0.2) is 0 Å². The highest BCUT2D eigenvalue weighted by Crippen LogP contribution is 2.22. The zero-order valence-corrected chi connectivity index (χ0v) is 14.7. The minimum absolute atomic E-state index is 0.725. The van der Waals surface area contributed by atoms with E-state index in [9.17, 15) is 0 Å². The number of hydrogen-bond donors (Lipinski definition) is 1. The number of hydrogen-bond acceptors (Lipinski definition) is 4. The standard InChI is InChI=1S/C15H24BrNO2S/c1-3-20-10-4-8-19-14-5-6-15(16)13(11-14)12-17-7-9-18-2/h5-6,11,17H,3-4,7-10,12H2,1-2H3. The molecule has 0 aliphatic carbocycles. The highest BCUT2D eigenvalue weighted by molar-refractivity contribution is 9.10. The van der Waals surface area contributed by atoms with E-state index < -0.39 is 0 Å². The topological polar surface area (TPSA) is 30.5 Å². The van der Waals surface area contributed by atoms with Crippen LogP contribution in [-0.4, -0.2) is 38.4 Å². The van der Waals surface area contributed by atoms with Gasteiger partial charge in [-0.3, -0.25) is 0 Å². The second-order valence-electron chi connectivity index (χ2n) is 4.32. The molecule has 3 nitrogen and oxygen atoms in total. The van der Waals surface area contributed by atoms with Crippen molar-refractivity contribution in [2.24, 2.45) is 0 Å². The molecule has 0 aliphatic heterocycles. The van der Waals surface area contributed by atoms with Crippen molar-refractivity contribution in [1.82, 2.24) is 5.32 Å². The van der Waals surface area contributed by atoms with Crippen LogP contribution in [0.5, 0.6) is 5.75 Å². The number of rotatable bonds is 11. The van der Waals surface area contributed by atoms with Crippen molar-refractivity contribution in [3.8, 4) is 5.75 Å². The molecule has 0 spiro atoms. The third-order valence-corrected chi connectivity index (χ3v) is 4.48. The summed E-state index contributed by atoms with van der Waals surface area (Å²) in [5, 5.41) is 3.34. The van der Waals surface area contributed by atoms with Crippen LogP contribution < -0.4 is 10.1 Å². The van der Waals surface area contributed by atoms with Gasteiger partial charge in [0.15, 0.2) is 0 Å². The Kier molecular flexibility index (Phi) is 10.2. The fourth-order valence-electron chi connectivity index (χ4n) is 1.67. The first-order chi connectivity index (χ1) is 9.77. The molecular formula is C15H24BrNO2S. The van der Waals surface area contributed by atoms with Crippen LogP contribution in [0.25, 0.3) is 0 Å². The maximum Gasteiger partial charge on any atom is 0.119 e. The van der Waals surface area contributed by atoms with Gasteiger partial charge in [0, 0.05) is 24.7 Å². The van der Waals surface area contributed by atoms with E-state index in [0.29, 0.717) is 0 Å². The summed E-state index contributed by atoms with van der Waals surface area (Å²) in [5.74, 6) is 3.28. The van der Waals surface area contributed by atoms with Crippen LogP contribution in [0.15, 0.2) is 22.7 Å². The first kappa shape index (κ1) is 17.8. The predicted molar refractivity (Wildman–Crippen MR) is 90.8 cm³/mol. The highest BCUT2D eigenvalue weighted by Gasteiger charge is 2.02. The van der Waals surface area contributed by atoms with Crippen molar-refractivity contribution >= 4 is 27.7 Å². The van der Waals surface area contributed by atoms with Crippen LogP contribution in [0.3, 0.4) is 0 Å². The minimum atomic E-state index is 0.725. The number of ether oxygens (including phenoxy) is 2. The molecule has 0 aliphatic rings. The van der Waals surface area contributed by atoms with E-state index in [-0.39, 0.29) is 0 Å². The Labute approximate surface area is 134 Å². The molecule has 20 heavy (non-hydrogen) atoms.